The predicted molar refractivity (Wildman–Crippen MR) is 131 cm³/mol. The van der Waals surface area contributed by atoms with Crippen molar-refractivity contribution >= 4 is 34.6 Å². The first-order chi connectivity index (χ1) is 16.5. The molecule has 0 unspecified atom stereocenters. The van der Waals surface area contributed by atoms with Crippen LogP contribution < -0.4 is 15.1 Å². The lowest BCUT2D eigenvalue weighted by Gasteiger charge is -2.49. The molecule has 0 bridgehead atoms. The minimum Gasteiger partial charge on any atom is -0.366 e. The summed E-state index contributed by atoms with van der Waals surface area (Å²) in [5.41, 5.74) is 3.76. The van der Waals surface area contributed by atoms with Crippen molar-refractivity contribution in [2.24, 2.45) is 5.92 Å². The minimum absolute atomic E-state index is 0.0443. The van der Waals surface area contributed by atoms with Crippen molar-refractivity contribution in [3.63, 3.8) is 0 Å². The van der Waals surface area contributed by atoms with Crippen LogP contribution in [0.4, 0.5) is 17.1 Å². The molecular weight excluding hydrogens is 454 g/mol. The Bertz CT molecular complexity index is 1220. The molecule has 2 aliphatic rings. The minimum atomic E-state index is -0.389. The molecule has 9 heteroatoms. The number of rotatable bonds is 5. The number of amides is 1. The second-order valence-electron chi connectivity index (χ2n) is 8.61. The molecule has 1 fully saturated rings. The zero-order chi connectivity index (χ0) is 23.7. The summed E-state index contributed by atoms with van der Waals surface area (Å²) in [5, 5.41) is 15.1. The molecule has 0 radical (unpaired) electrons. The number of benzene rings is 2. The van der Waals surface area contributed by atoms with Crippen molar-refractivity contribution in [1.29, 1.82) is 0 Å². The van der Waals surface area contributed by atoms with Crippen molar-refractivity contribution < 1.29 is 9.72 Å². The molecule has 0 spiro atoms. The molecule has 34 heavy (non-hydrogen) atoms. The average molecular weight is 478 g/mol. The van der Waals surface area contributed by atoms with Crippen molar-refractivity contribution in [3.05, 3.63) is 93.3 Å². The third kappa shape index (κ3) is 4.28. The number of halogens is 1. The molecule has 3 aromatic rings. The fourth-order valence-corrected chi connectivity index (χ4v) is 5.23. The lowest BCUT2D eigenvalue weighted by atomic mass is 9.83. The summed E-state index contributed by atoms with van der Waals surface area (Å²) in [6.45, 7) is 2.46. The summed E-state index contributed by atoms with van der Waals surface area (Å²) in [7, 11) is 0. The summed E-state index contributed by atoms with van der Waals surface area (Å²) in [4.78, 5) is 32.9. The third-order valence-corrected chi connectivity index (χ3v) is 6.97. The number of nitro groups is 1. The second kappa shape index (κ2) is 9.30. The second-order valence-corrected chi connectivity index (χ2v) is 9.02. The quantitative estimate of drug-likeness (QED) is 0.443. The highest BCUT2D eigenvalue weighted by Gasteiger charge is 2.42. The number of nitrogens with zero attached hydrogens (tertiary/aromatic N) is 4. The molecule has 3 heterocycles. The van der Waals surface area contributed by atoms with Crippen LogP contribution >= 0.6 is 11.6 Å². The van der Waals surface area contributed by atoms with Crippen LogP contribution in [0, 0.1) is 16.0 Å². The number of anilines is 2. The number of non-ortho nitro benzene ring substituents is 1. The number of fused-ring (bicyclic) bond motifs is 3. The van der Waals surface area contributed by atoms with E-state index >= 15 is 0 Å². The average Bonchev–Trinajstić information content (AvgIpc) is 2.87. The van der Waals surface area contributed by atoms with Crippen molar-refractivity contribution in [1.82, 2.24) is 10.3 Å². The number of nitro benzene ring substituents is 1. The molecule has 1 saturated heterocycles. The van der Waals surface area contributed by atoms with Gasteiger partial charge in [0.05, 0.1) is 27.6 Å². The first-order valence-corrected chi connectivity index (χ1v) is 11.6. The summed E-state index contributed by atoms with van der Waals surface area (Å²) in [5.74, 6) is -0.424. The van der Waals surface area contributed by atoms with Crippen LogP contribution in [-0.2, 0) is 17.8 Å². The van der Waals surface area contributed by atoms with Gasteiger partial charge in [-0.15, -0.1) is 0 Å². The molecule has 0 aliphatic carbocycles. The fourth-order valence-electron chi connectivity index (χ4n) is 4.97. The predicted octanol–water partition coefficient (Wildman–Crippen LogP) is 3.83. The third-order valence-electron chi connectivity index (χ3n) is 6.65. The highest BCUT2D eigenvalue weighted by atomic mass is 35.5. The van der Waals surface area contributed by atoms with Crippen LogP contribution in [0.25, 0.3) is 0 Å². The van der Waals surface area contributed by atoms with Gasteiger partial charge in [0.2, 0.25) is 5.91 Å². The van der Waals surface area contributed by atoms with Gasteiger partial charge in [-0.2, -0.15) is 0 Å². The Morgan fingerprint density at radius 3 is 2.68 bits per heavy atom. The molecule has 5 rings (SSSR count). The number of nitrogens with one attached hydrogen (secondary N) is 1. The first-order valence-electron chi connectivity index (χ1n) is 11.2. The normalized spacial score (nSPS) is 19.2. The van der Waals surface area contributed by atoms with E-state index in [2.05, 4.69) is 20.1 Å². The van der Waals surface area contributed by atoms with Gasteiger partial charge in [-0.05, 0) is 47.9 Å². The lowest BCUT2D eigenvalue weighted by Crippen LogP contribution is -2.61. The molecule has 2 atom stereocenters. The SMILES string of the molecule is O=C(NCc1ccncc1)[C@@H]1Cc2cc([N+](=O)[O-])ccc2N2CCN(c3ccccc3Cl)C[C@@H]12. The van der Waals surface area contributed by atoms with E-state index in [1.54, 1.807) is 24.5 Å². The Balaban J connectivity index is 1.45. The molecule has 174 valence electrons. The summed E-state index contributed by atoms with van der Waals surface area (Å²) in [6, 6.07) is 16.3. The van der Waals surface area contributed by atoms with Gasteiger partial charge in [-0.25, -0.2) is 0 Å². The topological polar surface area (TPSA) is 91.6 Å². The van der Waals surface area contributed by atoms with E-state index in [9.17, 15) is 14.9 Å². The number of piperazine rings is 1. The van der Waals surface area contributed by atoms with E-state index in [0.717, 1.165) is 29.0 Å². The molecule has 1 amide bonds. The zero-order valence-electron chi connectivity index (χ0n) is 18.4. The Kier molecular flexibility index (Phi) is 6.06. The van der Waals surface area contributed by atoms with Gasteiger partial charge in [-0.1, -0.05) is 23.7 Å². The summed E-state index contributed by atoms with van der Waals surface area (Å²) in [6.07, 6.45) is 3.83. The fraction of sp³-hybridized carbons (Fsp3) is 0.280. The molecular formula is C25H24ClN5O3. The maximum absolute atomic E-state index is 13.4. The van der Waals surface area contributed by atoms with Gasteiger partial charge in [0.1, 0.15) is 0 Å². The highest BCUT2D eigenvalue weighted by Crippen LogP contribution is 2.39. The summed E-state index contributed by atoms with van der Waals surface area (Å²) >= 11 is 6.47. The Morgan fingerprint density at radius 1 is 1.12 bits per heavy atom. The number of hydrogen-bond donors (Lipinski definition) is 1. The number of hydrogen-bond acceptors (Lipinski definition) is 6. The maximum Gasteiger partial charge on any atom is 0.269 e. The molecule has 1 aromatic heterocycles. The van der Waals surface area contributed by atoms with Gasteiger partial charge < -0.3 is 15.1 Å². The monoisotopic (exact) mass is 477 g/mol. The highest BCUT2D eigenvalue weighted by molar-refractivity contribution is 6.33. The van der Waals surface area contributed by atoms with Crippen LogP contribution in [0.15, 0.2) is 67.0 Å². The van der Waals surface area contributed by atoms with Crippen LogP contribution in [0.3, 0.4) is 0 Å². The van der Waals surface area contributed by atoms with Crippen LogP contribution in [-0.4, -0.2) is 41.5 Å². The van der Waals surface area contributed by atoms with Crippen LogP contribution in [0.1, 0.15) is 11.1 Å². The van der Waals surface area contributed by atoms with Gasteiger partial charge in [-0.3, -0.25) is 19.9 Å². The Hall–Kier alpha value is -3.65. The molecule has 1 N–H and O–H groups in total. The molecule has 2 aromatic carbocycles. The van der Waals surface area contributed by atoms with E-state index in [0.29, 0.717) is 31.1 Å². The van der Waals surface area contributed by atoms with E-state index < -0.39 is 0 Å². The van der Waals surface area contributed by atoms with Crippen molar-refractivity contribution in [2.45, 2.75) is 19.0 Å². The molecule has 2 aliphatic heterocycles. The van der Waals surface area contributed by atoms with E-state index in [-0.39, 0.29) is 28.5 Å². The first kappa shape index (κ1) is 22.2. The zero-order valence-corrected chi connectivity index (χ0v) is 19.2. The van der Waals surface area contributed by atoms with Gasteiger partial charge in [0.25, 0.3) is 5.69 Å². The Labute approximate surface area is 202 Å². The van der Waals surface area contributed by atoms with E-state index in [1.807, 2.05) is 42.5 Å². The largest absolute Gasteiger partial charge is 0.366 e. The van der Waals surface area contributed by atoms with Crippen molar-refractivity contribution in [3.8, 4) is 0 Å². The lowest BCUT2D eigenvalue weighted by molar-refractivity contribution is -0.384. The van der Waals surface area contributed by atoms with E-state index in [4.69, 9.17) is 11.6 Å². The van der Waals surface area contributed by atoms with Crippen molar-refractivity contribution in [2.75, 3.05) is 29.4 Å². The number of pyridine rings is 1. The van der Waals surface area contributed by atoms with Crippen LogP contribution in [0.2, 0.25) is 5.02 Å². The maximum atomic E-state index is 13.4. The Morgan fingerprint density at radius 2 is 1.91 bits per heavy atom. The van der Waals surface area contributed by atoms with E-state index in [1.165, 1.54) is 0 Å². The number of carbonyl (C=O) groups is 1. The molecule has 0 saturated carbocycles. The number of para-hydroxylation sites is 1. The number of aromatic nitrogens is 1. The summed E-state index contributed by atoms with van der Waals surface area (Å²) < 4.78 is 0. The number of carbonyl (C=O) groups excluding carboxylic acids is 1. The van der Waals surface area contributed by atoms with Gasteiger partial charge in [0.15, 0.2) is 0 Å². The standard InChI is InChI=1S/C25H24ClN5O3/c26-21-3-1-2-4-23(21)29-11-12-30-22-6-5-19(31(33)34)13-18(22)14-20(24(30)16-29)25(32)28-15-17-7-9-27-10-8-17/h1-10,13,20,24H,11-12,14-16H2,(H,28,32)/t20-,24+/m1/s1. The van der Waals surface area contributed by atoms with Gasteiger partial charge in [0, 0.05) is 56.4 Å². The van der Waals surface area contributed by atoms with Gasteiger partial charge >= 0.3 is 0 Å². The van der Waals surface area contributed by atoms with Crippen LogP contribution in [0.5, 0.6) is 0 Å². The smallest absolute Gasteiger partial charge is 0.269 e. The molecule has 8 nitrogen and oxygen atoms in total.